The van der Waals surface area contributed by atoms with E-state index in [4.69, 9.17) is 0 Å². The summed E-state index contributed by atoms with van der Waals surface area (Å²) in [5.74, 6) is 1.07. The first-order valence-corrected chi connectivity index (χ1v) is 10.7. The molecule has 3 heterocycles. The molecule has 0 spiro atoms. The van der Waals surface area contributed by atoms with Gasteiger partial charge in [-0.25, -0.2) is 4.98 Å². The standard InChI is InChI=1S/C19H23N3OS2/c1-13-21-15(11-24-13)12-25-18-6-2-14(3-7-18)19(23)22-16-4-5-17(22)10-20-9-8-16/h2-3,6-7,11,16-17,20H,4-5,8-10,12H2,1H3. The number of nitrogens with one attached hydrogen (secondary N) is 1. The molecule has 0 radical (unpaired) electrons. The van der Waals surface area contributed by atoms with Crippen molar-refractivity contribution in [3.8, 4) is 0 Å². The fourth-order valence-corrected chi connectivity index (χ4v) is 5.30. The highest BCUT2D eigenvalue weighted by Gasteiger charge is 2.38. The molecule has 2 aliphatic heterocycles. The van der Waals surface area contributed by atoms with E-state index in [1.165, 1.54) is 4.90 Å². The summed E-state index contributed by atoms with van der Waals surface area (Å²) < 4.78 is 0. The zero-order chi connectivity index (χ0) is 17.2. The van der Waals surface area contributed by atoms with E-state index < -0.39 is 0 Å². The van der Waals surface area contributed by atoms with Crippen molar-refractivity contribution in [2.24, 2.45) is 0 Å². The van der Waals surface area contributed by atoms with Gasteiger partial charge in [-0.2, -0.15) is 0 Å². The number of thioether (sulfide) groups is 1. The lowest BCUT2D eigenvalue weighted by atomic mass is 10.1. The minimum atomic E-state index is 0.197. The molecular formula is C19H23N3OS2. The molecule has 6 heteroatoms. The van der Waals surface area contributed by atoms with Gasteiger partial charge in [0.1, 0.15) is 0 Å². The van der Waals surface area contributed by atoms with Gasteiger partial charge in [-0.15, -0.1) is 23.1 Å². The summed E-state index contributed by atoms with van der Waals surface area (Å²) in [6.07, 6.45) is 3.35. The van der Waals surface area contributed by atoms with Gasteiger partial charge < -0.3 is 10.2 Å². The Kier molecular flexibility index (Phi) is 5.10. The van der Waals surface area contributed by atoms with Crippen molar-refractivity contribution in [2.75, 3.05) is 13.1 Å². The average Bonchev–Trinajstić information content (AvgIpc) is 3.14. The van der Waals surface area contributed by atoms with Gasteiger partial charge in [0.15, 0.2) is 0 Å². The third kappa shape index (κ3) is 3.76. The number of thiazole rings is 1. The zero-order valence-corrected chi connectivity index (χ0v) is 16.0. The Balaban J connectivity index is 1.42. The summed E-state index contributed by atoms with van der Waals surface area (Å²) in [6, 6.07) is 8.87. The summed E-state index contributed by atoms with van der Waals surface area (Å²) in [7, 11) is 0. The van der Waals surface area contributed by atoms with Gasteiger partial charge in [0, 0.05) is 40.2 Å². The number of carbonyl (C=O) groups is 1. The SMILES string of the molecule is Cc1nc(CSc2ccc(C(=O)N3C4CCNCC3CC4)cc2)cs1. The van der Waals surface area contributed by atoms with E-state index in [0.29, 0.717) is 12.1 Å². The van der Waals surface area contributed by atoms with Crippen molar-refractivity contribution in [1.82, 2.24) is 15.2 Å². The van der Waals surface area contributed by atoms with E-state index in [1.54, 1.807) is 23.1 Å². The Morgan fingerprint density at radius 2 is 2.08 bits per heavy atom. The molecule has 4 rings (SSSR count). The van der Waals surface area contributed by atoms with Gasteiger partial charge >= 0.3 is 0 Å². The Bertz CT molecular complexity index is 729. The van der Waals surface area contributed by atoms with E-state index in [0.717, 1.165) is 54.4 Å². The molecule has 1 aromatic heterocycles. The second kappa shape index (κ2) is 7.48. The average molecular weight is 374 g/mol. The molecule has 2 aliphatic rings. The molecule has 2 aromatic rings. The van der Waals surface area contributed by atoms with Crippen molar-refractivity contribution in [3.63, 3.8) is 0 Å². The zero-order valence-electron chi connectivity index (χ0n) is 14.4. The summed E-state index contributed by atoms with van der Waals surface area (Å²) in [6.45, 7) is 3.99. The minimum Gasteiger partial charge on any atom is -0.331 e. The lowest BCUT2D eigenvalue weighted by Crippen LogP contribution is -2.42. The number of nitrogens with zero attached hydrogens (tertiary/aromatic N) is 2. The molecule has 2 fully saturated rings. The number of hydrogen-bond donors (Lipinski definition) is 1. The minimum absolute atomic E-state index is 0.197. The molecule has 1 N–H and O–H groups in total. The summed E-state index contributed by atoms with van der Waals surface area (Å²) in [4.78, 5) is 20.8. The second-order valence-corrected chi connectivity index (χ2v) is 8.87. The lowest BCUT2D eigenvalue weighted by molar-refractivity contribution is 0.0680. The number of amides is 1. The highest BCUT2D eigenvalue weighted by molar-refractivity contribution is 7.98. The number of aromatic nitrogens is 1. The van der Waals surface area contributed by atoms with E-state index in [1.807, 2.05) is 19.1 Å². The van der Waals surface area contributed by atoms with Crippen LogP contribution in [0.2, 0.25) is 0 Å². The largest absolute Gasteiger partial charge is 0.331 e. The van der Waals surface area contributed by atoms with Crippen molar-refractivity contribution < 1.29 is 4.79 Å². The predicted molar refractivity (Wildman–Crippen MR) is 103 cm³/mol. The molecular weight excluding hydrogens is 350 g/mol. The summed E-state index contributed by atoms with van der Waals surface area (Å²) in [5, 5.41) is 6.68. The topological polar surface area (TPSA) is 45.2 Å². The lowest BCUT2D eigenvalue weighted by Gasteiger charge is -2.28. The molecule has 1 amide bonds. The van der Waals surface area contributed by atoms with E-state index in [-0.39, 0.29) is 5.91 Å². The van der Waals surface area contributed by atoms with E-state index >= 15 is 0 Å². The normalized spacial score (nSPS) is 22.8. The smallest absolute Gasteiger partial charge is 0.254 e. The van der Waals surface area contributed by atoms with Crippen LogP contribution in [-0.2, 0) is 5.75 Å². The van der Waals surface area contributed by atoms with Crippen LogP contribution in [0.1, 0.15) is 40.3 Å². The molecule has 2 unspecified atom stereocenters. The summed E-state index contributed by atoms with van der Waals surface area (Å²) >= 11 is 3.46. The van der Waals surface area contributed by atoms with Crippen molar-refractivity contribution in [3.05, 3.63) is 45.9 Å². The Morgan fingerprint density at radius 3 is 2.84 bits per heavy atom. The molecule has 2 atom stereocenters. The van der Waals surface area contributed by atoms with Gasteiger partial charge in [-0.1, -0.05) is 0 Å². The molecule has 4 nitrogen and oxygen atoms in total. The van der Waals surface area contributed by atoms with Gasteiger partial charge in [0.2, 0.25) is 0 Å². The highest BCUT2D eigenvalue weighted by Crippen LogP contribution is 2.30. The fourth-order valence-electron chi connectivity index (χ4n) is 3.79. The quantitative estimate of drug-likeness (QED) is 0.830. The van der Waals surface area contributed by atoms with E-state index in [9.17, 15) is 4.79 Å². The molecule has 132 valence electrons. The van der Waals surface area contributed by atoms with Crippen LogP contribution < -0.4 is 5.32 Å². The number of rotatable bonds is 4. The van der Waals surface area contributed by atoms with Crippen LogP contribution in [0.3, 0.4) is 0 Å². The second-order valence-electron chi connectivity index (χ2n) is 6.76. The van der Waals surface area contributed by atoms with Crippen molar-refractivity contribution in [1.29, 1.82) is 0 Å². The maximum absolute atomic E-state index is 13.0. The highest BCUT2D eigenvalue weighted by atomic mass is 32.2. The monoisotopic (exact) mass is 373 g/mol. The number of fused-ring (bicyclic) bond motifs is 2. The Hall–Kier alpha value is -1.37. The first-order valence-electron chi connectivity index (χ1n) is 8.88. The Labute approximate surface area is 157 Å². The number of carbonyl (C=O) groups excluding carboxylic acids is 1. The number of benzene rings is 1. The van der Waals surface area contributed by atoms with Crippen LogP contribution in [0.25, 0.3) is 0 Å². The van der Waals surface area contributed by atoms with Crippen LogP contribution >= 0.6 is 23.1 Å². The van der Waals surface area contributed by atoms with Crippen molar-refractivity contribution >= 4 is 29.0 Å². The van der Waals surface area contributed by atoms with Crippen LogP contribution in [-0.4, -0.2) is 41.0 Å². The molecule has 0 saturated carbocycles. The van der Waals surface area contributed by atoms with Crippen LogP contribution in [0.15, 0.2) is 34.5 Å². The van der Waals surface area contributed by atoms with Crippen LogP contribution in [0.5, 0.6) is 0 Å². The molecule has 1 aromatic carbocycles. The van der Waals surface area contributed by atoms with Gasteiger partial charge in [-0.3, -0.25) is 4.79 Å². The molecule has 2 saturated heterocycles. The number of hydrogen-bond acceptors (Lipinski definition) is 5. The van der Waals surface area contributed by atoms with Crippen molar-refractivity contribution in [2.45, 2.75) is 48.9 Å². The van der Waals surface area contributed by atoms with Gasteiger partial charge in [0.05, 0.1) is 10.7 Å². The van der Waals surface area contributed by atoms with E-state index in [2.05, 4.69) is 32.7 Å². The third-order valence-electron chi connectivity index (χ3n) is 5.04. The van der Waals surface area contributed by atoms with Crippen LogP contribution in [0, 0.1) is 6.92 Å². The fraction of sp³-hybridized carbons (Fsp3) is 0.474. The summed E-state index contributed by atoms with van der Waals surface area (Å²) in [5.41, 5.74) is 1.94. The maximum Gasteiger partial charge on any atom is 0.254 e. The Morgan fingerprint density at radius 1 is 1.28 bits per heavy atom. The molecule has 0 aliphatic carbocycles. The van der Waals surface area contributed by atoms with Gasteiger partial charge in [-0.05, 0) is 57.0 Å². The van der Waals surface area contributed by atoms with Crippen LogP contribution in [0.4, 0.5) is 0 Å². The van der Waals surface area contributed by atoms with Gasteiger partial charge in [0.25, 0.3) is 5.91 Å². The molecule has 25 heavy (non-hydrogen) atoms. The first-order chi connectivity index (χ1) is 12.2. The predicted octanol–water partition coefficient (Wildman–Crippen LogP) is 3.71. The third-order valence-corrected chi connectivity index (χ3v) is 6.91. The maximum atomic E-state index is 13.0. The first kappa shape index (κ1) is 17.1. The number of aryl methyl sites for hydroxylation is 1. The molecule has 2 bridgehead atoms.